The largest absolute Gasteiger partial charge is 0.456 e. The average Bonchev–Trinajstić information content (AvgIpc) is 1.06. The van der Waals surface area contributed by atoms with Crippen LogP contribution in [0.2, 0.25) is 0 Å². The van der Waals surface area contributed by atoms with Gasteiger partial charge in [-0.3, -0.25) is 8.80 Å². The lowest BCUT2D eigenvalue weighted by Crippen LogP contribution is -2.24. The van der Waals surface area contributed by atoms with Crippen molar-refractivity contribution in [1.29, 1.82) is 0 Å². The van der Waals surface area contributed by atoms with Crippen molar-refractivity contribution in [2.24, 2.45) is 0 Å². The summed E-state index contributed by atoms with van der Waals surface area (Å²) in [6.07, 6.45) is 0. The van der Waals surface area contributed by atoms with Gasteiger partial charge in [-0.25, -0.2) is 9.97 Å². The fourth-order valence-electron chi connectivity index (χ4n) is 19.0. The molecule has 5 aromatic heterocycles. The van der Waals surface area contributed by atoms with E-state index in [1.54, 1.807) is 0 Å². The number of fused-ring (bicyclic) bond motifs is 35. The van der Waals surface area contributed by atoms with E-state index in [0.717, 1.165) is 156 Å². The minimum Gasteiger partial charge on any atom is -0.456 e. The molecule has 19 aromatic carbocycles. The van der Waals surface area contributed by atoms with Gasteiger partial charge in [0, 0.05) is 49.4 Å². The van der Waals surface area contributed by atoms with Crippen molar-refractivity contribution in [1.82, 2.24) is 18.8 Å². The van der Waals surface area contributed by atoms with Crippen LogP contribution in [0.5, 0.6) is 11.5 Å². The zero-order valence-corrected chi connectivity index (χ0v) is 60.7. The van der Waals surface area contributed by atoms with Gasteiger partial charge in [-0.05, 0) is 214 Å². The number of imidazole rings is 2. The number of furan rings is 1. The number of para-hydroxylation sites is 6. The minimum atomic E-state index is 0.779. The van der Waals surface area contributed by atoms with Gasteiger partial charge in [0.05, 0.1) is 67.2 Å². The fourth-order valence-corrected chi connectivity index (χ4v) is 19.0. The Hall–Kier alpha value is -15.3. The maximum atomic E-state index is 7.04. The van der Waals surface area contributed by atoms with Gasteiger partial charge in [-0.1, -0.05) is 243 Å². The molecule has 0 N–H and O–H groups in total. The molecule has 24 aromatic rings. The van der Waals surface area contributed by atoms with E-state index >= 15 is 0 Å². The van der Waals surface area contributed by atoms with Crippen LogP contribution < -0.4 is 19.4 Å². The highest BCUT2D eigenvalue weighted by Crippen LogP contribution is 2.58. The molecule has 0 bridgehead atoms. The first kappa shape index (κ1) is 61.7. The number of pyridine rings is 2. The van der Waals surface area contributed by atoms with Crippen LogP contribution in [-0.2, 0) is 0 Å². The van der Waals surface area contributed by atoms with Crippen LogP contribution in [0.1, 0.15) is 0 Å². The van der Waals surface area contributed by atoms with E-state index in [2.05, 4.69) is 381 Å². The summed E-state index contributed by atoms with van der Waals surface area (Å²) in [5, 5.41) is 24.1. The monoisotopic (exact) mass is 1440 g/mol. The van der Waals surface area contributed by atoms with Crippen molar-refractivity contribution >= 4 is 214 Å². The highest BCUT2D eigenvalue weighted by atomic mass is 16.5. The van der Waals surface area contributed by atoms with Crippen molar-refractivity contribution in [2.45, 2.75) is 0 Å². The van der Waals surface area contributed by atoms with Gasteiger partial charge in [-0.15, -0.1) is 0 Å². The first-order chi connectivity index (χ1) is 56.0. The van der Waals surface area contributed by atoms with Gasteiger partial charge in [0.25, 0.3) is 0 Å². The van der Waals surface area contributed by atoms with Crippen LogP contribution in [0.4, 0.5) is 51.2 Å². The third-order valence-electron chi connectivity index (χ3n) is 23.9. The fraction of sp³-hybridized carbons (Fsp3) is 0. The van der Waals surface area contributed by atoms with Gasteiger partial charge >= 0.3 is 0 Å². The molecule has 0 amide bonds. The summed E-state index contributed by atoms with van der Waals surface area (Å²) < 4.78 is 18.0. The number of anilines is 9. The van der Waals surface area contributed by atoms with Crippen molar-refractivity contribution in [2.75, 3.05) is 14.7 Å². The first-order valence-corrected chi connectivity index (χ1v) is 38.5. The van der Waals surface area contributed by atoms with E-state index in [9.17, 15) is 0 Å². The highest BCUT2D eigenvalue weighted by Gasteiger charge is 2.34. The Bertz CT molecular complexity index is 8280. The second-order valence-electron chi connectivity index (χ2n) is 29.9. The van der Waals surface area contributed by atoms with Crippen LogP contribution in [0.15, 0.2) is 374 Å². The standard InChI is InChI=1S/C55H31N3O2.C49H30N4/c1-3-13-37-35(11-1)36-12-2-4-14-38(36)45-31-54-50(30-44(37)45)57(49-25-22-33(28-53(49)60-54)32-21-24-42-41-17-8-10-20-51(41)59-52(42)27-32)34-23-26-48-46(29-34)56-55-43-18-6-5-15-39(43)40-16-7-9-19-47(40)58(48)55;1-2-14-31(15-3-1)51-45-24-12-13-25-46(45)52(48-30-41-36-19-7-5-17-34(36)33-16-4-6-18-35(33)40(41)29-47(48)51)32-26-27-44-42(28-32)50-49-39-22-9-8-20-37(39)38-21-10-11-23-43(38)53(44)49/h1-31H;1-30H. The van der Waals surface area contributed by atoms with Gasteiger partial charge < -0.3 is 23.9 Å². The van der Waals surface area contributed by atoms with Gasteiger partial charge in [0.2, 0.25) is 0 Å². The van der Waals surface area contributed by atoms with Crippen LogP contribution >= 0.6 is 0 Å². The second kappa shape index (κ2) is 23.6. The van der Waals surface area contributed by atoms with Crippen LogP contribution in [0.25, 0.3) is 174 Å². The maximum Gasteiger partial charge on any atom is 0.152 e. The van der Waals surface area contributed by atoms with Gasteiger partial charge in [0.1, 0.15) is 22.5 Å². The normalized spacial score (nSPS) is 12.8. The molecule has 0 saturated carbocycles. The van der Waals surface area contributed by atoms with Crippen molar-refractivity contribution in [3.05, 3.63) is 370 Å². The zero-order chi connectivity index (χ0) is 73.7. The number of rotatable bonds is 4. The van der Waals surface area contributed by atoms with Crippen LogP contribution in [0.3, 0.4) is 0 Å². The summed E-state index contributed by atoms with van der Waals surface area (Å²) in [5.74, 6) is 1.58. The zero-order valence-electron chi connectivity index (χ0n) is 60.7. The Morgan fingerprint density at radius 3 is 1.07 bits per heavy atom. The first-order valence-electron chi connectivity index (χ1n) is 38.5. The highest BCUT2D eigenvalue weighted by molar-refractivity contribution is 6.29. The lowest BCUT2D eigenvalue weighted by molar-refractivity contribution is 0.478. The Morgan fingerprint density at radius 2 is 0.558 bits per heavy atom. The van der Waals surface area contributed by atoms with Crippen LogP contribution in [-0.4, -0.2) is 18.8 Å². The molecular weight excluding hydrogens is 1380 g/mol. The molecule has 113 heavy (non-hydrogen) atoms. The lowest BCUT2D eigenvalue weighted by atomic mass is 9.92. The molecule has 0 atom stereocenters. The molecular formula is C104H61N7O2. The number of hydrogen-bond acceptors (Lipinski definition) is 7. The molecule has 0 aliphatic carbocycles. The molecule has 0 radical (unpaired) electrons. The summed E-state index contributed by atoms with van der Waals surface area (Å²) >= 11 is 0. The summed E-state index contributed by atoms with van der Waals surface area (Å²) in [7, 11) is 0. The predicted octanol–water partition coefficient (Wildman–Crippen LogP) is 28.9. The van der Waals surface area contributed by atoms with E-state index in [0.29, 0.717) is 0 Å². The van der Waals surface area contributed by atoms with E-state index in [4.69, 9.17) is 19.1 Å². The second-order valence-corrected chi connectivity index (χ2v) is 29.9. The van der Waals surface area contributed by atoms with Crippen molar-refractivity contribution in [3.8, 4) is 22.6 Å². The molecule has 9 nitrogen and oxygen atoms in total. The summed E-state index contributed by atoms with van der Waals surface area (Å²) in [5.41, 5.74) is 21.8. The Morgan fingerprint density at radius 1 is 0.195 bits per heavy atom. The molecule has 524 valence electrons. The minimum absolute atomic E-state index is 0.779. The van der Waals surface area contributed by atoms with Gasteiger partial charge in [0.15, 0.2) is 11.5 Å². The maximum absolute atomic E-state index is 7.04. The molecule has 2 aliphatic rings. The van der Waals surface area contributed by atoms with Crippen LogP contribution in [0, 0.1) is 0 Å². The summed E-state index contributed by atoms with van der Waals surface area (Å²) in [4.78, 5) is 18.0. The molecule has 26 rings (SSSR count). The SMILES string of the molecule is c1ccc(N2c3ccccc3N(c3ccc4c(c3)nc3c5ccccc5c5ccccc5n43)c3cc4c5ccccc5c5ccccc5c4cc32)cc1.c1ccc2c(c1)oc1cc(-c3ccc4c(c3)Oc3cc5c6ccccc6c6ccccc6c5cc3N4c3ccc4c(c3)nc3c5ccccc5c5ccccc5n43)ccc12. The molecule has 2 aliphatic heterocycles. The Balaban J connectivity index is 0.000000129. The molecule has 0 spiro atoms. The van der Waals surface area contributed by atoms with E-state index in [1.165, 1.54) is 80.8 Å². The van der Waals surface area contributed by atoms with Crippen molar-refractivity contribution < 1.29 is 9.15 Å². The Kier molecular flexibility index (Phi) is 12.9. The lowest BCUT2D eigenvalue weighted by Gasteiger charge is -2.40. The molecule has 9 heteroatoms. The number of ether oxygens (including phenoxy) is 1. The Labute approximate surface area is 645 Å². The molecule has 0 fully saturated rings. The van der Waals surface area contributed by atoms with E-state index < -0.39 is 0 Å². The average molecular weight is 1440 g/mol. The molecule has 0 saturated heterocycles. The summed E-state index contributed by atoms with van der Waals surface area (Å²) in [6.45, 7) is 0. The number of benzene rings is 19. The predicted molar refractivity (Wildman–Crippen MR) is 471 cm³/mol. The van der Waals surface area contributed by atoms with E-state index in [1.807, 2.05) is 12.1 Å². The number of hydrogen-bond donors (Lipinski definition) is 0. The topological polar surface area (TPSA) is 66.7 Å². The smallest absolute Gasteiger partial charge is 0.152 e. The third kappa shape index (κ3) is 8.98. The van der Waals surface area contributed by atoms with Crippen molar-refractivity contribution in [3.63, 3.8) is 0 Å². The van der Waals surface area contributed by atoms with E-state index in [-0.39, 0.29) is 0 Å². The molecule has 0 unspecified atom stereocenters. The molecule has 7 heterocycles. The quantitative estimate of drug-likeness (QED) is 0.163. The number of nitrogens with zero attached hydrogens (tertiary/aromatic N) is 7. The third-order valence-corrected chi connectivity index (χ3v) is 23.9. The number of aromatic nitrogens is 4. The summed E-state index contributed by atoms with van der Waals surface area (Å²) in [6, 6.07) is 133. The van der Waals surface area contributed by atoms with Gasteiger partial charge in [-0.2, -0.15) is 0 Å².